The zero-order valence-electron chi connectivity index (χ0n) is 17.2. The molecule has 0 aliphatic heterocycles. The Labute approximate surface area is 179 Å². The SMILES string of the molecule is Cc1c(C(=O)OCc2ccccc2)sc2ncnc(Nc3ccccc3C(C)C)c12. The van der Waals surface area contributed by atoms with Crippen LogP contribution in [-0.2, 0) is 11.3 Å². The first-order valence-corrected chi connectivity index (χ1v) is 10.7. The Morgan fingerprint density at radius 2 is 1.80 bits per heavy atom. The summed E-state index contributed by atoms with van der Waals surface area (Å²) in [6.07, 6.45) is 1.53. The van der Waals surface area contributed by atoms with Crippen LogP contribution in [0, 0.1) is 6.92 Å². The molecule has 0 atom stereocenters. The molecule has 0 saturated carbocycles. The minimum Gasteiger partial charge on any atom is -0.457 e. The quantitative estimate of drug-likeness (QED) is 0.377. The van der Waals surface area contributed by atoms with Gasteiger partial charge in [-0.05, 0) is 35.6 Å². The van der Waals surface area contributed by atoms with Gasteiger partial charge in [0.05, 0.1) is 5.39 Å². The van der Waals surface area contributed by atoms with E-state index in [0.717, 1.165) is 27.0 Å². The Morgan fingerprint density at radius 1 is 1.07 bits per heavy atom. The lowest BCUT2D eigenvalue weighted by atomic mass is 10.0. The largest absolute Gasteiger partial charge is 0.457 e. The molecule has 5 nitrogen and oxygen atoms in total. The summed E-state index contributed by atoms with van der Waals surface area (Å²) >= 11 is 1.34. The second-order valence-electron chi connectivity index (χ2n) is 7.39. The predicted octanol–water partition coefficient (Wildman–Crippen LogP) is 6.22. The molecule has 0 aliphatic carbocycles. The van der Waals surface area contributed by atoms with Crippen LogP contribution in [0.5, 0.6) is 0 Å². The van der Waals surface area contributed by atoms with Crippen LogP contribution in [0.1, 0.15) is 46.1 Å². The maximum absolute atomic E-state index is 12.7. The van der Waals surface area contributed by atoms with E-state index in [4.69, 9.17) is 4.74 Å². The second-order valence-corrected chi connectivity index (χ2v) is 8.39. The average Bonchev–Trinajstić information content (AvgIpc) is 3.10. The highest BCUT2D eigenvalue weighted by Gasteiger charge is 2.21. The van der Waals surface area contributed by atoms with Crippen molar-refractivity contribution in [1.29, 1.82) is 0 Å². The molecule has 0 saturated heterocycles. The Balaban J connectivity index is 1.64. The lowest BCUT2D eigenvalue weighted by Crippen LogP contribution is -2.05. The topological polar surface area (TPSA) is 64.1 Å². The number of hydrogen-bond acceptors (Lipinski definition) is 6. The summed E-state index contributed by atoms with van der Waals surface area (Å²) in [4.78, 5) is 22.9. The van der Waals surface area contributed by atoms with E-state index in [9.17, 15) is 4.79 Å². The smallest absolute Gasteiger partial charge is 0.349 e. The zero-order valence-corrected chi connectivity index (χ0v) is 18.0. The highest BCUT2D eigenvalue weighted by molar-refractivity contribution is 7.20. The minimum absolute atomic E-state index is 0.242. The maximum Gasteiger partial charge on any atom is 0.349 e. The lowest BCUT2D eigenvalue weighted by molar-refractivity contribution is 0.0478. The monoisotopic (exact) mass is 417 g/mol. The summed E-state index contributed by atoms with van der Waals surface area (Å²) in [7, 11) is 0. The van der Waals surface area contributed by atoms with E-state index in [1.807, 2.05) is 55.5 Å². The fraction of sp³-hybridized carbons (Fsp3) is 0.208. The molecule has 152 valence electrons. The Hall–Kier alpha value is -3.25. The summed E-state index contributed by atoms with van der Waals surface area (Å²) in [5.74, 6) is 0.731. The second kappa shape index (κ2) is 8.63. The standard InChI is InChI=1S/C24H23N3O2S/c1-15(2)18-11-7-8-12-19(18)27-22-20-16(3)21(30-23(20)26-14-25-22)24(28)29-13-17-9-5-4-6-10-17/h4-12,14-15H,13H2,1-3H3,(H,25,26,27). The van der Waals surface area contributed by atoms with Gasteiger partial charge >= 0.3 is 5.97 Å². The van der Waals surface area contributed by atoms with Gasteiger partial charge in [-0.1, -0.05) is 62.4 Å². The van der Waals surface area contributed by atoms with Crippen molar-refractivity contribution in [1.82, 2.24) is 9.97 Å². The maximum atomic E-state index is 12.7. The molecule has 6 heteroatoms. The molecule has 4 aromatic rings. The summed E-state index contributed by atoms with van der Waals surface area (Å²) < 4.78 is 5.54. The number of thiophene rings is 1. The van der Waals surface area contributed by atoms with Crippen molar-refractivity contribution in [2.45, 2.75) is 33.3 Å². The number of fused-ring (bicyclic) bond motifs is 1. The van der Waals surface area contributed by atoms with Gasteiger partial charge in [-0.25, -0.2) is 14.8 Å². The number of carbonyl (C=O) groups is 1. The Bertz CT molecular complexity index is 1190. The zero-order chi connectivity index (χ0) is 21.1. The fourth-order valence-electron chi connectivity index (χ4n) is 3.39. The first kappa shape index (κ1) is 20.0. The number of nitrogens with one attached hydrogen (secondary N) is 1. The molecule has 0 amide bonds. The number of nitrogens with zero attached hydrogens (tertiary/aromatic N) is 2. The molecule has 0 fully saturated rings. The van der Waals surface area contributed by atoms with Crippen LogP contribution in [0.2, 0.25) is 0 Å². The molecular formula is C24H23N3O2S. The number of rotatable bonds is 6. The summed E-state index contributed by atoms with van der Waals surface area (Å²) in [5, 5.41) is 4.31. The molecule has 0 spiro atoms. The number of esters is 1. The highest BCUT2D eigenvalue weighted by atomic mass is 32.1. The third-order valence-electron chi connectivity index (χ3n) is 4.96. The van der Waals surface area contributed by atoms with Gasteiger partial charge in [0.25, 0.3) is 0 Å². The van der Waals surface area contributed by atoms with E-state index < -0.39 is 0 Å². The Morgan fingerprint density at radius 3 is 2.57 bits per heavy atom. The van der Waals surface area contributed by atoms with E-state index in [-0.39, 0.29) is 12.6 Å². The van der Waals surface area contributed by atoms with E-state index in [1.54, 1.807) is 0 Å². The van der Waals surface area contributed by atoms with Crippen LogP contribution >= 0.6 is 11.3 Å². The van der Waals surface area contributed by atoms with Crippen molar-refractivity contribution in [3.63, 3.8) is 0 Å². The van der Waals surface area contributed by atoms with E-state index >= 15 is 0 Å². The van der Waals surface area contributed by atoms with Crippen LogP contribution in [0.3, 0.4) is 0 Å². The molecule has 1 N–H and O–H groups in total. The van der Waals surface area contributed by atoms with Gasteiger partial charge in [0.1, 0.15) is 28.5 Å². The molecule has 0 aliphatic rings. The van der Waals surface area contributed by atoms with Crippen molar-refractivity contribution in [3.05, 3.63) is 82.5 Å². The van der Waals surface area contributed by atoms with Crippen molar-refractivity contribution in [2.75, 3.05) is 5.32 Å². The number of carbonyl (C=O) groups excluding carboxylic acids is 1. The minimum atomic E-state index is -0.340. The Kier molecular flexibility index (Phi) is 5.77. The van der Waals surface area contributed by atoms with E-state index in [0.29, 0.717) is 16.6 Å². The van der Waals surface area contributed by atoms with Crippen molar-refractivity contribution < 1.29 is 9.53 Å². The summed E-state index contributed by atoms with van der Waals surface area (Å²) in [6, 6.07) is 17.8. The third kappa shape index (κ3) is 4.04. The van der Waals surface area contributed by atoms with Crippen LogP contribution in [-0.4, -0.2) is 15.9 Å². The normalized spacial score (nSPS) is 11.1. The lowest BCUT2D eigenvalue weighted by Gasteiger charge is -2.14. The molecule has 0 radical (unpaired) electrons. The van der Waals surface area contributed by atoms with Crippen LogP contribution in [0.4, 0.5) is 11.5 Å². The number of anilines is 2. The molecule has 30 heavy (non-hydrogen) atoms. The number of para-hydroxylation sites is 1. The van der Waals surface area contributed by atoms with Gasteiger partial charge in [0.2, 0.25) is 0 Å². The number of hydrogen-bond donors (Lipinski definition) is 1. The summed E-state index contributed by atoms with van der Waals surface area (Å²) in [6.45, 7) is 6.48. The van der Waals surface area contributed by atoms with Gasteiger partial charge in [-0.2, -0.15) is 0 Å². The van der Waals surface area contributed by atoms with E-state index in [2.05, 4.69) is 35.2 Å². The fourth-order valence-corrected chi connectivity index (χ4v) is 4.43. The highest BCUT2D eigenvalue weighted by Crippen LogP contribution is 2.36. The van der Waals surface area contributed by atoms with Crippen molar-refractivity contribution in [2.24, 2.45) is 0 Å². The van der Waals surface area contributed by atoms with Gasteiger partial charge < -0.3 is 10.1 Å². The van der Waals surface area contributed by atoms with Crippen LogP contribution in [0.25, 0.3) is 10.2 Å². The van der Waals surface area contributed by atoms with Crippen LogP contribution in [0.15, 0.2) is 60.9 Å². The van der Waals surface area contributed by atoms with Gasteiger partial charge in [-0.15, -0.1) is 11.3 Å². The molecule has 2 heterocycles. The third-order valence-corrected chi connectivity index (χ3v) is 6.14. The van der Waals surface area contributed by atoms with E-state index in [1.165, 1.54) is 23.2 Å². The molecule has 0 unspecified atom stereocenters. The number of ether oxygens (including phenoxy) is 1. The number of benzene rings is 2. The average molecular weight is 418 g/mol. The molecular weight excluding hydrogens is 394 g/mol. The van der Waals surface area contributed by atoms with Crippen molar-refractivity contribution in [3.8, 4) is 0 Å². The van der Waals surface area contributed by atoms with Gasteiger partial charge in [0, 0.05) is 5.69 Å². The molecule has 0 bridgehead atoms. The first-order chi connectivity index (χ1) is 14.5. The molecule has 4 rings (SSSR count). The molecule has 2 aromatic carbocycles. The van der Waals surface area contributed by atoms with Gasteiger partial charge in [-0.3, -0.25) is 0 Å². The molecule has 2 aromatic heterocycles. The predicted molar refractivity (Wildman–Crippen MR) is 122 cm³/mol. The first-order valence-electron chi connectivity index (χ1n) is 9.85. The van der Waals surface area contributed by atoms with Gasteiger partial charge in [0.15, 0.2) is 0 Å². The summed E-state index contributed by atoms with van der Waals surface area (Å²) in [5.41, 5.74) is 4.00. The van der Waals surface area contributed by atoms with Crippen LogP contribution < -0.4 is 5.32 Å². The van der Waals surface area contributed by atoms with Crippen molar-refractivity contribution >= 4 is 39.0 Å². The number of aryl methyl sites for hydroxylation is 1. The number of aromatic nitrogens is 2.